The number of rotatable bonds is 3. The lowest BCUT2D eigenvalue weighted by atomic mass is 10.2. The third-order valence-corrected chi connectivity index (χ3v) is 2.92. The average molecular weight is 240 g/mol. The van der Waals surface area contributed by atoms with E-state index in [4.69, 9.17) is 11.6 Å². The van der Waals surface area contributed by atoms with Gasteiger partial charge >= 0.3 is 0 Å². The van der Waals surface area contributed by atoms with E-state index in [0.717, 1.165) is 21.9 Å². The second-order valence-corrected chi connectivity index (χ2v) is 4.10. The van der Waals surface area contributed by atoms with E-state index in [1.54, 1.807) is 0 Å². The van der Waals surface area contributed by atoms with E-state index < -0.39 is 0 Å². The van der Waals surface area contributed by atoms with E-state index in [2.05, 4.69) is 24.5 Å². The first-order valence-electron chi connectivity index (χ1n) is 4.63. The van der Waals surface area contributed by atoms with Crippen molar-refractivity contribution in [2.45, 2.75) is 13.8 Å². The Hall–Kier alpha value is -0.860. The molecule has 0 heterocycles. The quantitative estimate of drug-likeness (QED) is 0.588. The first-order chi connectivity index (χ1) is 7.06. The monoisotopic (exact) mass is 239 g/mol. The van der Waals surface area contributed by atoms with Gasteiger partial charge in [0.15, 0.2) is 0 Å². The molecule has 80 valence electrons. The summed E-state index contributed by atoms with van der Waals surface area (Å²) in [6.07, 6.45) is 1.88. The molecule has 1 N–H and O–H groups in total. The number of benzene rings is 1. The second-order valence-electron chi connectivity index (χ2n) is 3.21. The van der Waals surface area contributed by atoms with Gasteiger partial charge in [-0.1, -0.05) is 36.4 Å². The van der Waals surface area contributed by atoms with Crippen LogP contribution in [0.15, 0.2) is 41.5 Å². The van der Waals surface area contributed by atoms with Gasteiger partial charge in [0, 0.05) is 10.6 Å². The van der Waals surface area contributed by atoms with Crippen molar-refractivity contribution in [3.05, 3.63) is 52.0 Å². The minimum atomic E-state index is 0.688. The standard InChI is InChI=1S/C12H14ClNS/c1-4-11(15)9(3)14-12-8(2)6-5-7-10(12)13/h4-7,14-15H,3H2,1-2H3/b11-4-. The number of halogens is 1. The number of anilines is 1. The number of thiol groups is 1. The smallest absolute Gasteiger partial charge is 0.0643 e. The van der Waals surface area contributed by atoms with Gasteiger partial charge in [0.05, 0.1) is 10.7 Å². The molecule has 0 atom stereocenters. The maximum Gasteiger partial charge on any atom is 0.0643 e. The van der Waals surface area contributed by atoms with E-state index >= 15 is 0 Å². The molecule has 0 amide bonds. The van der Waals surface area contributed by atoms with Crippen molar-refractivity contribution in [3.8, 4) is 0 Å². The molecule has 15 heavy (non-hydrogen) atoms. The van der Waals surface area contributed by atoms with Crippen molar-refractivity contribution in [2.75, 3.05) is 5.32 Å². The maximum atomic E-state index is 6.07. The van der Waals surface area contributed by atoms with Crippen LogP contribution in [-0.2, 0) is 0 Å². The Balaban J connectivity index is 2.95. The highest BCUT2D eigenvalue weighted by Gasteiger charge is 2.05. The summed E-state index contributed by atoms with van der Waals surface area (Å²) in [4.78, 5) is 0.814. The lowest BCUT2D eigenvalue weighted by Crippen LogP contribution is -2.00. The summed E-state index contributed by atoms with van der Waals surface area (Å²) in [5.41, 5.74) is 2.72. The number of aryl methyl sites for hydroxylation is 1. The predicted octanol–water partition coefficient (Wildman–Crippen LogP) is 4.41. The first-order valence-corrected chi connectivity index (χ1v) is 5.45. The summed E-state index contributed by atoms with van der Waals surface area (Å²) in [6.45, 7) is 7.80. The molecule has 0 aromatic heterocycles. The van der Waals surface area contributed by atoms with Crippen LogP contribution in [0.4, 0.5) is 5.69 Å². The summed E-state index contributed by atoms with van der Waals surface area (Å²) >= 11 is 10.4. The number of nitrogens with one attached hydrogen (secondary N) is 1. The van der Waals surface area contributed by atoms with Gasteiger partial charge in [-0.2, -0.15) is 0 Å². The molecule has 0 bridgehead atoms. The lowest BCUT2D eigenvalue weighted by Gasteiger charge is -2.13. The van der Waals surface area contributed by atoms with Crippen LogP contribution < -0.4 is 5.32 Å². The van der Waals surface area contributed by atoms with Gasteiger partial charge in [0.25, 0.3) is 0 Å². The molecule has 0 fully saturated rings. The molecule has 0 aliphatic rings. The predicted molar refractivity (Wildman–Crippen MR) is 71.7 cm³/mol. The molecule has 0 unspecified atom stereocenters. The van der Waals surface area contributed by atoms with Crippen LogP contribution in [0.5, 0.6) is 0 Å². The fourth-order valence-corrected chi connectivity index (χ4v) is 1.50. The average Bonchev–Trinajstić information content (AvgIpc) is 2.22. The van der Waals surface area contributed by atoms with Gasteiger partial charge in [0.1, 0.15) is 0 Å². The molecule has 3 heteroatoms. The van der Waals surface area contributed by atoms with Gasteiger partial charge < -0.3 is 5.32 Å². The zero-order valence-electron chi connectivity index (χ0n) is 8.84. The zero-order valence-corrected chi connectivity index (χ0v) is 10.5. The van der Waals surface area contributed by atoms with Crippen molar-refractivity contribution in [1.29, 1.82) is 0 Å². The molecule has 0 aliphatic heterocycles. The Morgan fingerprint density at radius 2 is 2.20 bits per heavy atom. The van der Waals surface area contributed by atoms with Crippen molar-refractivity contribution in [1.82, 2.24) is 0 Å². The number of hydrogen-bond acceptors (Lipinski definition) is 2. The third-order valence-electron chi connectivity index (χ3n) is 2.08. The van der Waals surface area contributed by atoms with Crippen LogP contribution in [0.25, 0.3) is 0 Å². The SMILES string of the molecule is C=C(Nc1c(C)cccc1Cl)/C(S)=C/C. The number of para-hydroxylation sites is 1. The van der Waals surface area contributed by atoms with Gasteiger partial charge in [-0.15, -0.1) is 12.6 Å². The van der Waals surface area contributed by atoms with E-state index in [9.17, 15) is 0 Å². The summed E-state index contributed by atoms with van der Waals surface area (Å²) in [6, 6.07) is 5.76. The summed E-state index contributed by atoms with van der Waals surface area (Å²) in [7, 11) is 0. The fourth-order valence-electron chi connectivity index (χ4n) is 1.18. The molecule has 0 aliphatic carbocycles. The molecule has 1 rings (SSSR count). The molecule has 0 saturated heterocycles. The largest absolute Gasteiger partial charge is 0.354 e. The minimum absolute atomic E-state index is 0.688. The summed E-state index contributed by atoms with van der Waals surface area (Å²) in [5, 5.41) is 3.85. The summed E-state index contributed by atoms with van der Waals surface area (Å²) < 4.78 is 0. The van der Waals surface area contributed by atoms with Crippen LogP contribution in [0.2, 0.25) is 5.02 Å². The molecule has 0 radical (unpaired) electrons. The van der Waals surface area contributed by atoms with E-state index in [1.807, 2.05) is 38.1 Å². The van der Waals surface area contributed by atoms with Crippen LogP contribution in [0.3, 0.4) is 0 Å². The molecule has 0 saturated carbocycles. The van der Waals surface area contributed by atoms with Crippen molar-refractivity contribution >= 4 is 29.9 Å². The number of allylic oxidation sites excluding steroid dienone is 1. The molecule has 1 aromatic carbocycles. The van der Waals surface area contributed by atoms with E-state index in [1.165, 1.54) is 0 Å². The van der Waals surface area contributed by atoms with Crippen LogP contribution in [0.1, 0.15) is 12.5 Å². The molecule has 1 nitrogen and oxygen atoms in total. The van der Waals surface area contributed by atoms with Gasteiger partial charge in [-0.05, 0) is 25.5 Å². The molecular formula is C12H14ClNS. The topological polar surface area (TPSA) is 12.0 Å². The van der Waals surface area contributed by atoms with Crippen LogP contribution in [0, 0.1) is 6.92 Å². The summed E-state index contributed by atoms with van der Waals surface area (Å²) in [5.74, 6) is 0. The highest BCUT2D eigenvalue weighted by Crippen LogP contribution is 2.28. The van der Waals surface area contributed by atoms with Gasteiger partial charge in [-0.25, -0.2) is 0 Å². The zero-order chi connectivity index (χ0) is 11.4. The van der Waals surface area contributed by atoms with E-state index in [-0.39, 0.29) is 0 Å². The van der Waals surface area contributed by atoms with Gasteiger partial charge in [0.2, 0.25) is 0 Å². The van der Waals surface area contributed by atoms with Gasteiger partial charge in [-0.3, -0.25) is 0 Å². The Morgan fingerprint density at radius 1 is 1.53 bits per heavy atom. The first kappa shape index (κ1) is 12.2. The highest BCUT2D eigenvalue weighted by atomic mass is 35.5. The van der Waals surface area contributed by atoms with Crippen LogP contribution in [-0.4, -0.2) is 0 Å². The number of hydrogen-bond donors (Lipinski definition) is 2. The third kappa shape index (κ3) is 3.05. The Labute approximate surface area is 101 Å². The molecule has 0 spiro atoms. The van der Waals surface area contributed by atoms with Crippen LogP contribution >= 0.6 is 24.2 Å². The second kappa shape index (κ2) is 5.29. The van der Waals surface area contributed by atoms with E-state index in [0.29, 0.717) is 5.02 Å². The lowest BCUT2D eigenvalue weighted by molar-refractivity contribution is 1.39. The van der Waals surface area contributed by atoms with Crippen molar-refractivity contribution < 1.29 is 0 Å². The van der Waals surface area contributed by atoms with Crippen molar-refractivity contribution in [2.24, 2.45) is 0 Å². The minimum Gasteiger partial charge on any atom is -0.354 e. The molecular weight excluding hydrogens is 226 g/mol. The highest BCUT2D eigenvalue weighted by molar-refractivity contribution is 7.84. The fraction of sp³-hybridized carbons (Fsp3) is 0.167. The maximum absolute atomic E-state index is 6.07. The Kier molecular flexibility index (Phi) is 4.30. The normalized spacial score (nSPS) is 11.3. The Morgan fingerprint density at radius 3 is 2.73 bits per heavy atom. The molecule has 1 aromatic rings. The Bertz CT molecular complexity index is 390. The van der Waals surface area contributed by atoms with Crippen molar-refractivity contribution in [3.63, 3.8) is 0 Å².